The Morgan fingerprint density at radius 3 is 2.33 bits per heavy atom. The first-order valence-electron chi connectivity index (χ1n) is 10.3. The number of aliphatic hydroxyl groups is 1. The second kappa shape index (κ2) is 10.1. The van der Waals surface area contributed by atoms with Gasteiger partial charge in [-0.15, -0.1) is 0 Å². The van der Waals surface area contributed by atoms with Gasteiger partial charge in [0.15, 0.2) is 5.76 Å². The molecule has 30 heavy (non-hydrogen) atoms. The van der Waals surface area contributed by atoms with Crippen molar-refractivity contribution < 1.29 is 24.9 Å². The summed E-state index contributed by atoms with van der Waals surface area (Å²) in [4.78, 5) is 25.0. The summed E-state index contributed by atoms with van der Waals surface area (Å²) in [6, 6.07) is 2.49. The van der Waals surface area contributed by atoms with Gasteiger partial charge in [-0.3, -0.25) is 15.0 Å². The zero-order valence-electron chi connectivity index (χ0n) is 17.7. The molecule has 1 aromatic carbocycles. The maximum absolute atomic E-state index is 12.8. The molecule has 0 spiro atoms. The van der Waals surface area contributed by atoms with Gasteiger partial charge in [0, 0.05) is 18.5 Å². The van der Waals surface area contributed by atoms with Crippen LogP contribution in [0.1, 0.15) is 69.9 Å². The first-order valence-corrected chi connectivity index (χ1v) is 10.3. The number of rotatable bonds is 7. The Morgan fingerprint density at radius 1 is 1.13 bits per heavy atom. The van der Waals surface area contributed by atoms with Gasteiger partial charge < -0.3 is 26.0 Å². The molecule has 0 aromatic heterocycles. The summed E-state index contributed by atoms with van der Waals surface area (Å²) < 4.78 is 0. The number of nitrogens with one attached hydrogen (secondary N) is 3. The van der Waals surface area contributed by atoms with Crippen LogP contribution in [0.15, 0.2) is 17.8 Å². The fraction of sp³-hybridized carbons (Fsp3) is 0.500. The number of amides is 2. The van der Waals surface area contributed by atoms with E-state index in [0.29, 0.717) is 18.4 Å². The summed E-state index contributed by atoms with van der Waals surface area (Å²) in [5, 5.41) is 44.5. The molecule has 164 valence electrons. The van der Waals surface area contributed by atoms with Crippen LogP contribution in [0.5, 0.6) is 11.5 Å². The molecule has 0 radical (unpaired) electrons. The fourth-order valence-electron chi connectivity index (χ4n) is 3.57. The maximum atomic E-state index is 12.8. The molecule has 0 atom stereocenters. The Kier molecular flexibility index (Phi) is 7.86. The molecule has 8 heteroatoms. The van der Waals surface area contributed by atoms with E-state index in [2.05, 4.69) is 10.6 Å². The van der Waals surface area contributed by atoms with Crippen molar-refractivity contribution in [3.63, 3.8) is 0 Å². The minimum absolute atomic E-state index is 0.0792. The van der Waals surface area contributed by atoms with Crippen molar-refractivity contribution in [1.82, 2.24) is 10.6 Å². The summed E-state index contributed by atoms with van der Waals surface area (Å²) in [5.41, 5.74) is -0.592. The van der Waals surface area contributed by atoms with Crippen molar-refractivity contribution in [2.24, 2.45) is 5.92 Å². The van der Waals surface area contributed by atoms with Crippen LogP contribution in [-0.2, 0) is 9.59 Å². The van der Waals surface area contributed by atoms with Crippen molar-refractivity contribution in [2.75, 3.05) is 6.54 Å². The van der Waals surface area contributed by atoms with Gasteiger partial charge in [-0.25, -0.2) is 0 Å². The molecule has 1 saturated carbocycles. The van der Waals surface area contributed by atoms with E-state index < -0.39 is 23.1 Å². The van der Waals surface area contributed by atoms with Gasteiger partial charge in [-0.05, 0) is 37.3 Å². The standard InChI is InChI=1S/C22H31N3O5/c1-4-24-22(30)18(23)19(25-21(29)13-8-6-5-7-9-13)20(28)15-10-14(12(2)3)16(26)11-17(15)27/h10-13,23,26-28H,4-9H2,1-3H3,(H,24,30)(H,25,29)/b20-19+,23-18?. The molecule has 0 heterocycles. The predicted molar refractivity (Wildman–Crippen MR) is 115 cm³/mol. The Labute approximate surface area is 176 Å². The van der Waals surface area contributed by atoms with Crippen molar-refractivity contribution in [1.29, 1.82) is 5.41 Å². The van der Waals surface area contributed by atoms with E-state index in [1.54, 1.807) is 6.92 Å². The van der Waals surface area contributed by atoms with Gasteiger partial charge in [0.2, 0.25) is 5.91 Å². The molecule has 1 aliphatic carbocycles. The number of benzene rings is 1. The topological polar surface area (TPSA) is 143 Å². The van der Waals surface area contributed by atoms with Crippen LogP contribution in [0.2, 0.25) is 0 Å². The molecule has 2 amide bonds. The van der Waals surface area contributed by atoms with E-state index in [1.165, 1.54) is 6.07 Å². The molecule has 0 saturated heterocycles. The maximum Gasteiger partial charge on any atom is 0.271 e. The normalized spacial score (nSPS) is 15.5. The lowest BCUT2D eigenvalue weighted by atomic mass is 9.88. The molecule has 8 nitrogen and oxygen atoms in total. The van der Waals surface area contributed by atoms with Crippen LogP contribution in [0, 0.1) is 11.3 Å². The molecule has 1 aromatic rings. The smallest absolute Gasteiger partial charge is 0.271 e. The number of aliphatic hydroxyl groups excluding tert-OH is 1. The second-order valence-electron chi connectivity index (χ2n) is 7.87. The summed E-state index contributed by atoms with van der Waals surface area (Å²) in [7, 11) is 0. The SMILES string of the molecule is CCNC(=O)C(=N)/C(NC(=O)C1CCCCC1)=C(\O)c1cc(C(C)C)c(O)cc1O. The van der Waals surface area contributed by atoms with E-state index in [-0.39, 0.29) is 41.3 Å². The summed E-state index contributed by atoms with van der Waals surface area (Å²) in [6.07, 6.45) is 4.32. The van der Waals surface area contributed by atoms with E-state index >= 15 is 0 Å². The monoisotopic (exact) mass is 417 g/mol. The van der Waals surface area contributed by atoms with Gasteiger partial charge in [-0.2, -0.15) is 0 Å². The molecule has 6 N–H and O–H groups in total. The lowest BCUT2D eigenvalue weighted by Crippen LogP contribution is -2.40. The van der Waals surface area contributed by atoms with Gasteiger partial charge in [0.1, 0.15) is 22.9 Å². The minimum Gasteiger partial charge on any atom is -0.508 e. The van der Waals surface area contributed by atoms with Gasteiger partial charge in [0.05, 0.1) is 5.56 Å². The molecule has 0 unspecified atom stereocenters. The van der Waals surface area contributed by atoms with Crippen LogP contribution in [0.3, 0.4) is 0 Å². The van der Waals surface area contributed by atoms with Crippen molar-refractivity contribution in [2.45, 2.75) is 58.8 Å². The van der Waals surface area contributed by atoms with Gasteiger partial charge >= 0.3 is 0 Å². The molecule has 1 aliphatic rings. The number of carbonyl (C=O) groups excluding carboxylic acids is 2. The number of phenolic OH excluding ortho intramolecular Hbond substituents is 2. The van der Waals surface area contributed by atoms with Crippen LogP contribution < -0.4 is 10.6 Å². The zero-order chi connectivity index (χ0) is 22.4. The number of phenols is 2. The molecule has 0 bridgehead atoms. The predicted octanol–water partition coefficient (Wildman–Crippen LogP) is 3.30. The van der Waals surface area contributed by atoms with Crippen LogP contribution >= 0.6 is 0 Å². The third-order valence-electron chi connectivity index (χ3n) is 5.30. The van der Waals surface area contributed by atoms with Crippen molar-refractivity contribution in [3.05, 3.63) is 29.0 Å². The first kappa shape index (κ1) is 23.3. The first-order chi connectivity index (χ1) is 14.2. The summed E-state index contributed by atoms with van der Waals surface area (Å²) in [6.45, 7) is 5.63. The highest BCUT2D eigenvalue weighted by molar-refractivity contribution is 6.45. The Hall–Kier alpha value is -3.03. The van der Waals surface area contributed by atoms with E-state index in [1.807, 2.05) is 13.8 Å². The van der Waals surface area contributed by atoms with E-state index in [9.17, 15) is 24.9 Å². The number of hydrogen-bond acceptors (Lipinski definition) is 6. The molecular formula is C22H31N3O5. The third-order valence-corrected chi connectivity index (χ3v) is 5.30. The van der Waals surface area contributed by atoms with Gasteiger partial charge in [0.25, 0.3) is 5.91 Å². The molecule has 2 rings (SSSR count). The molecule has 0 aliphatic heterocycles. The van der Waals surface area contributed by atoms with Crippen LogP contribution in [-0.4, -0.2) is 39.4 Å². The largest absolute Gasteiger partial charge is 0.508 e. The quantitative estimate of drug-likeness (QED) is 0.298. The van der Waals surface area contributed by atoms with Crippen molar-refractivity contribution >= 4 is 23.3 Å². The van der Waals surface area contributed by atoms with E-state index in [0.717, 1.165) is 25.3 Å². The zero-order valence-corrected chi connectivity index (χ0v) is 17.7. The van der Waals surface area contributed by atoms with E-state index in [4.69, 9.17) is 5.41 Å². The second-order valence-corrected chi connectivity index (χ2v) is 7.87. The Morgan fingerprint density at radius 2 is 1.77 bits per heavy atom. The average molecular weight is 418 g/mol. The fourth-order valence-corrected chi connectivity index (χ4v) is 3.57. The van der Waals surface area contributed by atoms with Gasteiger partial charge in [-0.1, -0.05) is 33.1 Å². The Bertz CT molecular complexity index is 855. The highest BCUT2D eigenvalue weighted by Gasteiger charge is 2.28. The third kappa shape index (κ3) is 5.31. The van der Waals surface area contributed by atoms with Crippen molar-refractivity contribution in [3.8, 4) is 11.5 Å². The molecular weight excluding hydrogens is 386 g/mol. The van der Waals surface area contributed by atoms with Crippen LogP contribution in [0.4, 0.5) is 0 Å². The minimum atomic E-state index is -0.759. The molecule has 1 fully saturated rings. The summed E-state index contributed by atoms with van der Waals surface area (Å²) >= 11 is 0. The lowest BCUT2D eigenvalue weighted by molar-refractivity contribution is -0.125. The lowest BCUT2D eigenvalue weighted by Gasteiger charge is -2.22. The van der Waals surface area contributed by atoms with Crippen LogP contribution in [0.25, 0.3) is 5.76 Å². The number of carbonyl (C=O) groups is 2. The average Bonchev–Trinajstić information content (AvgIpc) is 2.71. The highest BCUT2D eigenvalue weighted by atomic mass is 16.3. The number of aromatic hydroxyl groups is 2. The highest BCUT2D eigenvalue weighted by Crippen LogP contribution is 2.35. The number of hydrogen-bond donors (Lipinski definition) is 6. The summed E-state index contributed by atoms with van der Waals surface area (Å²) in [5.74, 6) is -2.66. The Balaban J connectivity index is 2.52.